The molecule has 0 aliphatic carbocycles. The number of rotatable bonds is 5. The monoisotopic (exact) mass is 200 g/mol. The van der Waals surface area contributed by atoms with E-state index in [1.165, 1.54) is 0 Å². The fourth-order valence-corrected chi connectivity index (χ4v) is 0.650. The molecular weight excluding hydrogens is 179 g/mol. The zero-order valence-corrected chi connectivity index (χ0v) is 9.78. The molecule has 0 spiro atoms. The Hall–Kier alpha value is -0.315. The molecule has 0 bridgehead atoms. The lowest BCUT2D eigenvalue weighted by molar-refractivity contribution is 0.0287. The Morgan fingerprint density at radius 1 is 1.29 bits per heavy atom. The Morgan fingerprint density at radius 3 is 2.14 bits per heavy atom. The summed E-state index contributed by atoms with van der Waals surface area (Å²) in [6.07, 6.45) is 1.32. The smallest absolute Gasteiger partial charge is 0.402 e. The maximum Gasteiger partial charge on any atom is 0.637 e. The number of hydrogen-bond acceptors (Lipinski definition) is 3. The van der Waals surface area contributed by atoms with E-state index < -0.39 is 7.32 Å². The van der Waals surface area contributed by atoms with Gasteiger partial charge in [0.15, 0.2) is 0 Å². The van der Waals surface area contributed by atoms with Crippen LogP contribution in [0.25, 0.3) is 0 Å². The molecule has 4 heteroatoms. The highest BCUT2D eigenvalue weighted by Gasteiger charge is 2.28. The van der Waals surface area contributed by atoms with E-state index in [1.54, 1.807) is 13.0 Å². The lowest BCUT2D eigenvalue weighted by atomic mass is 9.89. The largest absolute Gasteiger partial charge is 0.637 e. The molecule has 0 aliphatic heterocycles. The van der Waals surface area contributed by atoms with Gasteiger partial charge >= 0.3 is 7.32 Å². The summed E-state index contributed by atoms with van der Waals surface area (Å²) in [6, 6.07) is 0. The Kier molecular flexibility index (Phi) is 5.41. The average molecular weight is 200 g/mol. The predicted octanol–water partition coefficient (Wildman–Crippen LogP) is 2.01. The summed E-state index contributed by atoms with van der Waals surface area (Å²) in [5.41, 5.74) is -0.0121. The van der Waals surface area contributed by atoms with Gasteiger partial charge in [-0.2, -0.15) is 0 Å². The van der Waals surface area contributed by atoms with Crippen molar-refractivity contribution >= 4 is 7.32 Å². The molecule has 0 heterocycles. The van der Waals surface area contributed by atoms with Crippen LogP contribution in [0.15, 0.2) is 12.7 Å². The van der Waals surface area contributed by atoms with Crippen molar-refractivity contribution in [1.82, 2.24) is 0 Å². The molecular formula is C10H21BO3. The van der Waals surface area contributed by atoms with Crippen LogP contribution in [0.1, 0.15) is 34.6 Å². The standard InChI is InChI=1S/C10H21BO3/c1-7-8(2)13-11(12)14-9(3)10(4,5)6/h7-9,12H,1H2,2-6H3. The second-order valence-corrected chi connectivity index (χ2v) is 4.53. The summed E-state index contributed by atoms with van der Waals surface area (Å²) >= 11 is 0. The van der Waals surface area contributed by atoms with Crippen LogP contribution in [0.5, 0.6) is 0 Å². The van der Waals surface area contributed by atoms with E-state index in [-0.39, 0.29) is 17.6 Å². The highest BCUT2D eigenvalue weighted by atomic mass is 16.7. The molecule has 0 amide bonds. The van der Waals surface area contributed by atoms with E-state index in [9.17, 15) is 5.02 Å². The minimum atomic E-state index is -1.18. The molecule has 82 valence electrons. The van der Waals surface area contributed by atoms with E-state index in [2.05, 4.69) is 6.58 Å². The van der Waals surface area contributed by atoms with Gasteiger partial charge in [0.25, 0.3) is 0 Å². The molecule has 0 aromatic heterocycles. The maximum atomic E-state index is 9.39. The normalized spacial score (nSPS) is 16.1. The summed E-state index contributed by atoms with van der Waals surface area (Å²) in [7, 11) is -1.18. The van der Waals surface area contributed by atoms with Crippen LogP contribution in [-0.2, 0) is 9.31 Å². The van der Waals surface area contributed by atoms with E-state index in [0.29, 0.717) is 0 Å². The van der Waals surface area contributed by atoms with Gasteiger partial charge in [-0.05, 0) is 19.3 Å². The fraction of sp³-hybridized carbons (Fsp3) is 0.800. The average Bonchev–Trinajstić information content (AvgIpc) is 2.02. The molecule has 3 nitrogen and oxygen atoms in total. The third-order valence-electron chi connectivity index (χ3n) is 2.20. The van der Waals surface area contributed by atoms with Crippen molar-refractivity contribution < 1.29 is 14.3 Å². The maximum absolute atomic E-state index is 9.39. The second-order valence-electron chi connectivity index (χ2n) is 4.53. The van der Waals surface area contributed by atoms with Gasteiger partial charge in [0, 0.05) is 6.10 Å². The molecule has 0 saturated carbocycles. The van der Waals surface area contributed by atoms with Crippen molar-refractivity contribution in [2.75, 3.05) is 0 Å². The highest BCUT2D eigenvalue weighted by Crippen LogP contribution is 2.22. The first-order valence-corrected chi connectivity index (χ1v) is 4.89. The first kappa shape index (κ1) is 13.7. The molecule has 14 heavy (non-hydrogen) atoms. The van der Waals surface area contributed by atoms with Gasteiger partial charge in [0.2, 0.25) is 0 Å². The Balaban J connectivity index is 3.94. The van der Waals surface area contributed by atoms with Crippen molar-refractivity contribution in [2.45, 2.75) is 46.8 Å². The number of hydrogen-bond donors (Lipinski definition) is 1. The summed E-state index contributed by atoms with van der Waals surface area (Å²) in [6.45, 7) is 13.4. The van der Waals surface area contributed by atoms with Gasteiger partial charge in [-0.3, -0.25) is 0 Å². The molecule has 2 unspecified atom stereocenters. The minimum absolute atomic E-state index is 0.0121. The molecule has 2 atom stereocenters. The minimum Gasteiger partial charge on any atom is -0.402 e. The molecule has 0 aromatic rings. The van der Waals surface area contributed by atoms with Crippen molar-refractivity contribution in [2.24, 2.45) is 5.41 Å². The van der Waals surface area contributed by atoms with Gasteiger partial charge in [0.1, 0.15) is 0 Å². The Labute approximate surface area is 87.3 Å². The van der Waals surface area contributed by atoms with Gasteiger partial charge in [-0.15, -0.1) is 6.58 Å². The summed E-state index contributed by atoms with van der Waals surface area (Å²) < 4.78 is 10.4. The van der Waals surface area contributed by atoms with Crippen molar-refractivity contribution in [3.8, 4) is 0 Å². The van der Waals surface area contributed by atoms with E-state index in [1.807, 2.05) is 27.7 Å². The summed E-state index contributed by atoms with van der Waals surface area (Å²) in [5.74, 6) is 0. The molecule has 0 rings (SSSR count). The van der Waals surface area contributed by atoms with Crippen molar-refractivity contribution in [1.29, 1.82) is 0 Å². The second kappa shape index (κ2) is 5.54. The highest BCUT2D eigenvalue weighted by molar-refractivity contribution is 6.34. The van der Waals surface area contributed by atoms with Crippen LogP contribution in [-0.4, -0.2) is 24.6 Å². The van der Waals surface area contributed by atoms with E-state index in [4.69, 9.17) is 9.31 Å². The molecule has 0 aromatic carbocycles. The first-order chi connectivity index (χ1) is 6.27. The van der Waals surface area contributed by atoms with Gasteiger partial charge in [-0.25, -0.2) is 0 Å². The fourth-order valence-electron chi connectivity index (χ4n) is 0.650. The topological polar surface area (TPSA) is 38.7 Å². The molecule has 0 aliphatic rings. The van der Waals surface area contributed by atoms with Crippen LogP contribution in [0.2, 0.25) is 0 Å². The van der Waals surface area contributed by atoms with Crippen molar-refractivity contribution in [3.63, 3.8) is 0 Å². The third-order valence-corrected chi connectivity index (χ3v) is 2.20. The quantitative estimate of drug-likeness (QED) is 0.544. The van der Waals surface area contributed by atoms with Crippen LogP contribution in [0.3, 0.4) is 0 Å². The van der Waals surface area contributed by atoms with Crippen LogP contribution in [0, 0.1) is 5.41 Å². The lowest BCUT2D eigenvalue weighted by Gasteiger charge is -2.28. The van der Waals surface area contributed by atoms with E-state index in [0.717, 1.165) is 0 Å². The van der Waals surface area contributed by atoms with Gasteiger partial charge in [-0.1, -0.05) is 26.8 Å². The Morgan fingerprint density at radius 2 is 1.79 bits per heavy atom. The molecule has 0 radical (unpaired) electrons. The first-order valence-electron chi connectivity index (χ1n) is 4.89. The zero-order valence-electron chi connectivity index (χ0n) is 9.78. The van der Waals surface area contributed by atoms with Crippen LogP contribution < -0.4 is 0 Å². The van der Waals surface area contributed by atoms with Gasteiger partial charge < -0.3 is 14.3 Å². The van der Waals surface area contributed by atoms with E-state index >= 15 is 0 Å². The van der Waals surface area contributed by atoms with Crippen LogP contribution >= 0.6 is 0 Å². The summed E-state index contributed by atoms with van der Waals surface area (Å²) in [5, 5.41) is 9.39. The third kappa shape index (κ3) is 5.42. The summed E-state index contributed by atoms with van der Waals surface area (Å²) in [4.78, 5) is 0. The predicted molar refractivity (Wildman–Crippen MR) is 58.7 cm³/mol. The van der Waals surface area contributed by atoms with Gasteiger partial charge in [0.05, 0.1) is 6.10 Å². The molecule has 0 saturated heterocycles. The Bertz CT molecular complexity index is 177. The molecule has 1 N–H and O–H groups in total. The lowest BCUT2D eigenvalue weighted by Crippen LogP contribution is -2.36. The molecule has 0 fully saturated rings. The van der Waals surface area contributed by atoms with Crippen molar-refractivity contribution in [3.05, 3.63) is 12.7 Å². The van der Waals surface area contributed by atoms with Crippen LogP contribution in [0.4, 0.5) is 0 Å². The zero-order chi connectivity index (χ0) is 11.4. The SMILES string of the molecule is C=CC(C)OB(O)OC(C)C(C)(C)C.